The molecule has 0 saturated carbocycles. The Balaban J connectivity index is 1.09. The maximum atomic E-state index is 6.45. The Kier molecular flexibility index (Phi) is 8.57. The molecule has 0 atom stereocenters. The van der Waals surface area contributed by atoms with Gasteiger partial charge in [0.15, 0.2) is 0 Å². The zero-order chi connectivity index (χ0) is 32.5. The summed E-state index contributed by atoms with van der Waals surface area (Å²) in [5, 5.41) is 6.80. The van der Waals surface area contributed by atoms with E-state index in [9.17, 15) is 0 Å². The van der Waals surface area contributed by atoms with Crippen LogP contribution in [0, 0.1) is 0 Å². The van der Waals surface area contributed by atoms with Crippen molar-refractivity contribution in [3.05, 3.63) is 96.4 Å². The van der Waals surface area contributed by atoms with Gasteiger partial charge in [0.25, 0.3) is 0 Å². The zero-order valence-electron chi connectivity index (χ0n) is 28.2. The van der Waals surface area contributed by atoms with Crippen LogP contribution in [0.1, 0.15) is 89.6 Å². The lowest BCUT2D eigenvalue weighted by Gasteiger charge is -2.02. The summed E-state index contributed by atoms with van der Waals surface area (Å²) in [4.78, 5) is 0. The first-order chi connectivity index (χ1) is 23.7. The molecule has 0 saturated heterocycles. The Morgan fingerprint density at radius 3 is 1.27 bits per heavy atom. The lowest BCUT2D eigenvalue weighted by molar-refractivity contribution is 0.503. The fourth-order valence-corrected chi connectivity index (χ4v) is 7.40. The SMILES string of the molecule is CCCCCCCc1ccc(-c2ccc3c(c2)oc2ccc4c(ccc5oc6cc(-c7ccc(CCCCCCC)o7)ccc6c54)c23)o1. The minimum atomic E-state index is 0.869. The Bertz CT molecular complexity index is 2170. The number of rotatable bonds is 14. The third-order valence-corrected chi connectivity index (χ3v) is 10.0. The van der Waals surface area contributed by atoms with Gasteiger partial charge in [0.05, 0.1) is 0 Å². The lowest BCUT2D eigenvalue weighted by atomic mass is 9.98. The van der Waals surface area contributed by atoms with Crippen molar-refractivity contribution in [1.29, 1.82) is 0 Å². The molecule has 0 amide bonds. The van der Waals surface area contributed by atoms with E-state index < -0.39 is 0 Å². The topological polar surface area (TPSA) is 52.6 Å². The highest BCUT2D eigenvalue weighted by molar-refractivity contribution is 6.27. The van der Waals surface area contributed by atoms with E-state index in [4.69, 9.17) is 17.7 Å². The van der Waals surface area contributed by atoms with Gasteiger partial charge in [-0.15, -0.1) is 0 Å². The van der Waals surface area contributed by atoms with Crippen molar-refractivity contribution in [3.8, 4) is 22.6 Å². The number of hydrogen-bond acceptors (Lipinski definition) is 4. The summed E-state index contributed by atoms with van der Waals surface area (Å²) >= 11 is 0. The van der Waals surface area contributed by atoms with Crippen molar-refractivity contribution in [1.82, 2.24) is 0 Å². The Hall–Kier alpha value is -4.70. The smallest absolute Gasteiger partial charge is 0.136 e. The summed E-state index contributed by atoms with van der Waals surface area (Å²) in [5.41, 5.74) is 5.59. The molecular weight excluding hydrogens is 592 g/mol. The average molecular weight is 637 g/mol. The highest BCUT2D eigenvalue weighted by Gasteiger charge is 2.18. The molecule has 0 bridgehead atoms. The molecule has 0 spiro atoms. The van der Waals surface area contributed by atoms with E-state index in [-0.39, 0.29) is 0 Å². The van der Waals surface area contributed by atoms with E-state index in [0.717, 1.165) is 102 Å². The van der Waals surface area contributed by atoms with Crippen LogP contribution in [-0.2, 0) is 12.8 Å². The standard InChI is InChI=1S/C44H44O4/c1-3-5-7-9-11-13-31-17-23-37(45-31)29-15-19-35-41(27-29)47-39-25-21-34-33(43(35)39)22-26-40-44(34)36-20-16-30(28-42(36)48-40)38-24-18-32(46-38)14-12-10-8-6-4-2/h15-28H,3-14H2,1-2H3. The van der Waals surface area contributed by atoms with Crippen LogP contribution < -0.4 is 0 Å². The van der Waals surface area contributed by atoms with Crippen molar-refractivity contribution in [3.63, 3.8) is 0 Å². The summed E-state index contributed by atoms with van der Waals surface area (Å²) in [6.45, 7) is 4.51. The number of furan rings is 4. The van der Waals surface area contributed by atoms with E-state index in [2.05, 4.69) is 98.8 Å². The van der Waals surface area contributed by atoms with Crippen LogP contribution in [0.5, 0.6) is 0 Å². The molecule has 4 nitrogen and oxygen atoms in total. The van der Waals surface area contributed by atoms with Gasteiger partial charge in [-0.25, -0.2) is 0 Å². The molecule has 0 fully saturated rings. The van der Waals surface area contributed by atoms with Gasteiger partial charge in [-0.3, -0.25) is 0 Å². The lowest BCUT2D eigenvalue weighted by Crippen LogP contribution is -1.83. The van der Waals surface area contributed by atoms with Gasteiger partial charge in [0.2, 0.25) is 0 Å². The number of aryl methyl sites for hydroxylation is 2. The van der Waals surface area contributed by atoms with E-state index in [1.165, 1.54) is 64.2 Å². The molecule has 4 heterocycles. The Labute approximate surface area is 281 Å². The van der Waals surface area contributed by atoms with Crippen LogP contribution in [0.2, 0.25) is 0 Å². The van der Waals surface area contributed by atoms with Gasteiger partial charge >= 0.3 is 0 Å². The predicted octanol–water partition coefficient (Wildman–Crippen LogP) is 14.2. The van der Waals surface area contributed by atoms with Gasteiger partial charge < -0.3 is 17.7 Å². The third-order valence-electron chi connectivity index (χ3n) is 10.0. The predicted molar refractivity (Wildman–Crippen MR) is 199 cm³/mol. The summed E-state index contributed by atoms with van der Waals surface area (Å²) in [6, 6.07) is 29.9. The summed E-state index contributed by atoms with van der Waals surface area (Å²) in [7, 11) is 0. The highest BCUT2D eigenvalue weighted by atomic mass is 16.3. The van der Waals surface area contributed by atoms with E-state index in [0.29, 0.717) is 0 Å². The van der Waals surface area contributed by atoms with Crippen molar-refractivity contribution in [2.24, 2.45) is 0 Å². The Morgan fingerprint density at radius 1 is 0.375 bits per heavy atom. The molecule has 0 aliphatic rings. The van der Waals surface area contributed by atoms with Crippen molar-refractivity contribution >= 4 is 54.6 Å². The molecule has 4 aromatic heterocycles. The third kappa shape index (κ3) is 5.83. The summed E-state index contributed by atoms with van der Waals surface area (Å²) < 4.78 is 25.4. The van der Waals surface area contributed by atoms with Crippen molar-refractivity contribution < 1.29 is 17.7 Å². The molecule has 0 radical (unpaired) electrons. The number of benzene rings is 4. The van der Waals surface area contributed by atoms with Crippen molar-refractivity contribution in [2.75, 3.05) is 0 Å². The van der Waals surface area contributed by atoms with Crippen LogP contribution >= 0.6 is 0 Å². The molecule has 4 aromatic carbocycles. The first kappa shape index (κ1) is 30.6. The molecular formula is C44H44O4. The largest absolute Gasteiger partial charge is 0.461 e. The highest BCUT2D eigenvalue weighted by Crippen LogP contribution is 2.42. The van der Waals surface area contributed by atoms with Gasteiger partial charge in [0.1, 0.15) is 45.4 Å². The molecule has 0 unspecified atom stereocenters. The maximum absolute atomic E-state index is 6.45. The normalized spacial score (nSPS) is 12.1. The van der Waals surface area contributed by atoms with Crippen LogP contribution in [-0.4, -0.2) is 0 Å². The molecule has 244 valence electrons. The van der Waals surface area contributed by atoms with Crippen LogP contribution in [0.3, 0.4) is 0 Å². The fraction of sp³-hybridized carbons (Fsp3) is 0.318. The molecule has 4 heteroatoms. The fourth-order valence-electron chi connectivity index (χ4n) is 7.40. The van der Waals surface area contributed by atoms with Gasteiger partial charge in [-0.2, -0.15) is 0 Å². The minimum absolute atomic E-state index is 0.869. The molecule has 0 aliphatic heterocycles. The van der Waals surface area contributed by atoms with E-state index in [1.807, 2.05) is 0 Å². The number of unbranched alkanes of at least 4 members (excludes halogenated alkanes) is 8. The zero-order valence-corrected chi connectivity index (χ0v) is 28.2. The first-order valence-corrected chi connectivity index (χ1v) is 18.1. The van der Waals surface area contributed by atoms with Crippen LogP contribution in [0.15, 0.2) is 103 Å². The second-order valence-electron chi connectivity index (χ2n) is 13.5. The van der Waals surface area contributed by atoms with E-state index in [1.54, 1.807) is 0 Å². The average Bonchev–Trinajstić information content (AvgIpc) is 3.91. The number of hydrogen-bond donors (Lipinski definition) is 0. The van der Waals surface area contributed by atoms with Crippen LogP contribution in [0.4, 0.5) is 0 Å². The second kappa shape index (κ2) is 13.4. The first-order valence-electron chi connectivity index (χ1n) is 18.1. The molecule has 48 heavy (non-hydrogen) atoms. The van der Waals surface area contributed by atoms with Crippen molar-refractivity contribution in [2.45, 2.75) is 90.9 Å². The van der Waals surface area contributed by atoms with Gasteiger partial charge in [-0.05, 0) is 96.4 Å². The maximum Gasteiger partial charge on any atom is 0.136 e. The summed E-state index contributed by atoms with van der Waals surface area (Å²) in [6.07, 6.45) is 14.6. The monoisotopic (exact) mass is 636 g/mol. The van der Waals surface area contributed by atoms with Gasteiger partial charge in [0, 0.05) is 45.5 Å². The Morgan fingerprint density at radius 2 is 0.812 bits per heavy atom. The molecule has 0 aliphatic carbocycles. The van der Waals surface area contributed by atoms with Crippen LogP contribution in [0.25, 0.3) is 77.3 Å². The minimum Gasteiger partial charge on any atom is -0.461 e. The molecule has 0 N–H and O–H groups in total. The quantitative estimate of drug-likeness (QED) is 0.111. The van der Waals surface area contributed by atoms with E-state index >= 15 is 0 Å². The van der Waals surface area contributed by atoms with Gasteiger partial charge in [-0.1, -0.05) is 77.3 Å². The number of fused-ring (bicyclic) bond motifs is 9. The summed E-state index contributed by atoms with van der Waals surface area (Å²) in [5.74, 6) is 3.90. The molecule has 8 rings (SSSR count). The second-order valence-corrected chi connectivity index (χ2v) is 13.5. The molecule has 8 aromatic rings.